The van der Waals surface area contributed by atoms with Gasteiger partial charge in [-0.25, -0.2) is 13.2 Å². The first-order valence-corrected chi connectivity index (χ1v) is 10.1. The number of halogens is 1. The van der Waals surface area contributed by atoms with Gasteiger partial charge in [-0.2, -0.15) is 0 Å². The monoisotopic (exact) mass is 472 g/mol. The molecule has 0 heterocycles. The van der Waals surface area contributed by atoms with Gasteiger partial charge in [-0.1, -0.05) is 15.9 Å². The van der Waals surface area contributed by atoms with Crippen LogP contribution in [0.15, 0.2) is 51.8 Å². The molecule has 2 aromatic rings. The van der Waals surface area contributed by atoms with Crippen LogP contribution in [-0.2, 0) is 14.6 Å². The Morgan fingerprint density at radius 1 is 1.00 bits per heavy atom. The maximum absolute atomic E-state index is 12.2. The number of carbonyl (C=O) groups excluding carboxylic acids is 1. The average Bonchev–Trinajstić information content (AvgIpc) is 2.65. The van der Waals surface area contributed by atoms with Crippen molar-refractivity contribution < 1.29 is 27.8 Å². The highest BCUT2D eigenvalue weighted by Gasteiger charge is 2.21. The van der Waals surface area contributed by atoms with E-state index < -0.39 is 37.0 Å². The van der Waals surface area contributed by atoms with Crippen molar-refractivity contribution in [3.8, 4) is 0 Å². The van der Waals surface area contributed by atoms with Crippen molar-refractivity contribution in [2.75, 3.05) is 12.4 Å². The van der Waals surface area contributed by atoms with Crippen LogP contribution in [-0.4, -0.2) is 36.6 Å². The molecule has 12 heteroatoms. The fourth-order valence-electron chi connectivity index (χ4n) is 2.18. The van der Waals surface area contributed by atoms with Crippen LogP contribution in [0.3, 0.4) is 0 Å². The molecule has 0 spiro atoms. The Labute approximate surface area is 167 Å². The molecule has 0 aliphatic rings. The number of carbonyl (C=O) groups is 1. The first-order valence-electron chi connectivity index (χ1n) is 7.69. The van der Waals surface area contributed by atoms with E-state index >= 15 is 0 Å². The predicted molar refractivity (Wildman–Crippen MR) is 101 cm³/mol. The summed E-state index contributed by atoms with van der Waals surface area (Å²) < 4.78 is 30.0. The van der Waals surface area contributed by atoms with Crippen molar-refractivity contribution in [2.24, 2.45) is 0 Å². The number of benzene rings is 2. The van der Waals surface area contributed by atoms with Crippen LogP contribution in [0.4, 0.5) is 11.4 Å². The number of esters is 1. The van der Waals surface area contributed by atoms with Gasteiger partial charge in [0.1, 0.15) is 0 Å². The Kier molecular flexibility index (Phi) is 6.80. The first-order chi connectivity index (χ1) is 13.1. The van der Waals surface area contributed by atoms with Crippen molar-refractivity contribution in [3.05, 3.63) is 72.7 Å². The number of rotatable bonds is 8. The minimum atomic E-state index is -3.57. The van der Waals surface area contributed by atoms with E-state index in [2.05, 4.69) is 15.9 Å². The van der Waals surface area contributed by atoms with Gasteiger partial charge in [-0.3, -0.25) is 20.2 Å². The van der Waals surface area contributed by atoms with Crippen LogP contribution in [0.5, 0.6) is 0 Å². The summed E-state index contributed by atoms with van der Waals surface area (Å²) in [4.78, 5) is 32.1. The summed E-state index contributed by atoms with van der Waals surface area (Å²) >= 11 is 3.21. The van der Waals surface area contributed by atoms with Crippen LogP contribution in [0, 0.1) is 20.2 Å². The SMILES string of the molecule is O=C(OCCCS(=O)(=O)c1ccc(Br)cc1)c1cc([N+](=O)[O-])cc([N+](=O)[O-])c1. The predicted octanol–water partition coefficient (Wildman–Crippen LogP) is 3.29. The third kappa shape index (κ3) is 5.57. The number of sulfone groups is 1. The molecule has 0 saturated heterocycles. The molecule has 0 atom stereocenters. The summed E-state index contributed by atoms with van der Waals surface area (Å²) in [5.41, 5.74) is -1.62. The highest BCUT2D eigenvalue weighted by Crippen LogP contribution is 2.23. The molecule has 0 unspecified atom stereocenters. The Morgan fingerprint density at radius 2 is 1.54 bits per heavy atom. The second-order valence-electron chi connectivity index (χ2n) is 5.51. The van der Waals surface area contributed by atoms with Gasteiger partial charge in [0, 0.05) is 16.6 Å². The van der Waals surface area contributed by atoms with E-state index in [4.69, 9.17) is 4.74 Å². The zero-order valence-corrected chi connectivity index (χ0v) is 16.5. The lowest BCUT2D eigenvalue weighted by molar-refractivity contribution is -0.394. The number of hydrogen-bond acceptors (Lipinski definition) is 8. The molecule has 0 bridgehead atoms. The zero-order valence-electron chi connectivity index (χ0n) is 14.1. The summed E-state index contributed by atoms with van der Waals surface area (Å²) in [6, 6.07) is 8.48. The largest absolute Gasteiger partial charge is 0.462 e. The maximum Gasteiger partial charge on any atom is 0.338 e. The van der Waals surface area contributed by atoms with Crippen LogP contribution >= 0.6 is 15.9 Å². The Morgan fingerprint density at radius 3 is 2.04 bits per heavy atom. The summed E-state index contributed by atoms with van der Waals surface area (Å²) in [6.07, 6.45) is -0.0127. The fraction of sp³-hybridized carbons (Fsp3) is 0.188. The van der Waals surface area contributed by atoms with E-state index in [0.29, 0.717) is 0 Å². The third-order valence-electron chi connectivity index (χ3n) is 3.52. The van der Waals surface area contributed by atoms with E-state index in [0.717, 1.165) is 22.7 Å². The highest BCUT2D eigenvalue weighted by molar-refractivity contribution is 9.10. The number of hydrogen-bond donors (Lipinski definition) is 0. The number of ether oxygens (including phenoxy) is 1. The lowest BCUT2D eigenvalue weighted by atomic mass is 10.2. The fourth-order valence-corrected chi connectivity index (χ4v) is 3.73. The summed E-state index contributed by atoms with van der Waals surface area (Å²) in [6.45, 7) is -0.273. The minimum absolute atomic E-state index is 0.0127. The molecule has 2 rings (SSSR count). The van der Waals surface area contributed by atoms with Gasteiger partial charge < -0.3 is 4.74 Å². The van der Waals surface area contributed by atoms with Crippen LogP contribution in [0.2, 0.25) is 0 Å². The highest BCUT2D eigenvalue weighted by atomic mass is 79.9. The first kappa shape index (κ1) is 21.4. The van der Waals surface area contributed by atoms with Gasteiger partial charge >= 0.3 is 5.97 Å². The normalized spacial score (nSPS) is 11.0. The molecule has 0 fully saturated rings. The molecule has 0 aliphatic heterocycles. The molecular weight excluding hydrogens is 460 g/mol. The van der Waals surface area contributed by atoms with Gasteiger partial charge in [0.25, 0.3) is 11.4 Å². The van der Waals surface area contributed by atoms with Crippen molar-refractivity contribution in [1.82, 2.24) is 0 Å². The van der Waals surface area contributed by atoms with Crippen LogP contribution < -0.4 is 0 Å². The summed E-state index contributed by atoms with van der Waals surface area (Å²) in [5.74, 6) is -1.30. The van der Waals surface area contributed by atoms with Crippen molar-refractivity contribution >= 4 is 43.1 Å². The summed E-state index contributed by atoms with van der Waals surface area (Å²) in [7, 11) is -3.57. The second-order valence-corrected chi connectivity index (χ2v) is 8.54. The standard InChI is InChI=1S/C16H13BrN2O8S/c17-12-2-4-15(5-3-12)28(25,26)7-1-6-27-16(20)11-8-13(18(21)22)10-14(9-11)19(23)24/h2-5,8-10H,1,6-7H2. The van der Waals surface area contributed by atoms with Crippen molar-refractivity contribution in [2.45, 2.75) is 11.3 Å². The number of nitro groups is 2. The zero-order chi connectivity index (χ0) is 20.9. The quantitative estimate of drug-likeness (QED) is 0.246. The molecule has 10 nitrogen and oxygen atoms in total. The van der Waals surface area contributed by atoms with E-state index in [1.165, 1.54) is 12.1 Å². The lowest BCUT2D eigenvalue weighted by Crippen LogP contribution is -2.12. The van der Waals surface area contributed by atoms with E-state index in [1.807, 2.05) is 0 Å². The molecule has 2 aromatic carbocycles. The molecule has 28 heavy (non-hydrogen) atoms. The summed E-state index contributed by atoms with van der Waals surface area (Å²) in [5, 5.41) is 21.7. The van der Waals surface area contributed by atoms with Gasteiger partial charge in [0.15, 0.2) is 9.84 Å². The van der Waals surface area contributed by atoms with Gasteiger partial charge in [0.2, 0.25) is 0 Å². The maximum atomic E-state index is 12.2. The number of non-ortho nitro benzene ring substituents is 2. The Bertz CT molecular complexity index is 989. The number of nitrogens with zero attached hydrogens (tertiary/aromatic N) is 2. The molecule has 0 radical (unpaired) electrons. The van der Waals surface area contributed by atoms with E-state index in [-0.39, 0.29) is 29.2 Å². The Balaban J connectivity index is 2.00. The minimum Gasteiger partial charge on any atom is -0.462 e. The molecule has 0 saturated carbocycles. The number of nitro benzene ring substituents is 2. The van der Waals surface area contributed by atoms with Crippen molar-refractivity contribution in [1.29, 1.82) is 0 Å². The molecule has 0 N–H and O–H groups in total. The third-order valence-corrected chi connectivity index (χ3v) is 5.87. The van der Waals surface area contributed by atoms with Crippen LogP contribution in [0.1, 0.15) is 16.8 Å². The molecule has 0 aliphatic carbocycles. The molecule has 0 aromatic heterocycles. The smallest absolute Gasteiger partial charge is 0.338 e. The van der Waals surface area contributed by atoms with Gasteiger partial charge in [0.05, 0.1) is 38.7 Å². The lowest BCUT2D eigenvalue weighted by Gasteiger charge is -2.07. The second kappa shape index (κ2) is 8.89. The van der Waals surface area contributed by atoms with E-state index in [1.54, 1.807) is 12.1 Å². The Hall–Kier alpha value is -2.86. The molecular formula is C16H13BrN2O8S. The molecule has 0 amide bonds. The topological polar surface area (TPSA) is 147 Å². The van der Waals surface area contributed by atoms with Crippen LogP contribution in [0.25, 0.3) is 0 Å². The molecule has 148 valence electrons. The van der Waals surface area contributed by atoms with Gasteiger partial charge in [-0.15, -0.1) is 0 Å². The van der Waals surface area contributed by atoms with E-state index in [9.17, 15) is 33.4 Å². The average molecular weight is 473 g/mol. The van der Waals surface area contributed by atoms with Gasteiger partial charge in [-0.05, 0) is 30.7 Å². The van der Waals surface area contributed by atoms with Crippen molar-refractivity contribution in [3.63, 3.8) is 0 Å².